The van der Waals surface area contributed by atoms with E-state index in [9.17, 15) is 9.59 Å². The summed E-state index contributed by atoms with van der Waals surface area (Å²) in [6.45, 7) is 6.70. The van der Waals surface area contributed by atoms with Crippen molar-refractivity contribution in [2.24, 2.45) is 21.8 Å². The van der Waals surface area contributed by atoms with Crippen LogP contribution in [0.25, 0.3) is 0 Å². The Morgan fingerprint density at radius 3 is 2.74 bits per heavy atom. The van der Waals surface area contributed by atoms with Crippen LogP contribution in [0.1, 0.15) is 50.6 Å². The van der Waals surface area contributed by atoms with Gasteiger partial charge in [0.2, 0.25) is 0 Å². The van der Waals surface area contributed by atoms with E-state index in [0.717, 1.165) is 18.6 Å². The van der Waals surface area contributed by atoms with Crippen LogP contribution < -0.4 is 10.7 Å². The van der Waals surface area contributed by atoms with E-state index >= 15 is 0 Å². The lowest BCUT2D eigenvalue weighted by atomic mass is 9.70. The van der Waals surface area contributed by atoms with E-state index in [4.69, 9.17) is 4.42 Å². The molecule has 2 aliphatic carbocycles. The van der Waals surface area contributed by atoms with Gasteiger partial charge in [-0.1, -0.05) is 20.8 Å². The van der Waals surface area contributed by atoms with Crippen LogP contribution in [0.5, 0.6) is 0 Å². The molecule has 2 saturated carbocycles. The fourth-order valence-electron chi connectivity index (χ4n) is 3.92. The summed E-state index contributed by atoms with van der Waals surface area (Å²) in [6.07, 6.45) is 4.71. The van der Waals surface area contributed by atoms with Gasteiger partial charge in [-0.05, 0) is 42.7 Å². The number of fused-ring (bicyclic) bond motifs is 2. The van der Waals surface area contributed by atoms with Crippen molar-refractivity contribution in [3.05, 3.63) is 24.2 Å². The molecule has 0 unspecified atom stereocenters. The molecule has 2 fully saturated rings. The first-order chi connectivity index (χ1) is 10.8. The molecule has 2 amide bonds. The van der Waals surface area contributed by atoms with Gasteiger partial charge in [-0.15, -0.1) is 0 Å². The number of rotatable bonds is 4. The predicted octanol–water partition coefficient (Wildman–Crippen LogP) is 2.33. The Kier molecular flexibility index (Phi) is 3.78. The van der Waals surface area contributed by atoms with Crippen LogP contribution in [0.3, 0.4) is 0 Å². The molecule has 0 radical (unpaired) electrons. The lowest BCUT2D eigenvalue weighted by Gasteiger charge is -2.34. The summed E-state index contributed by atoms with van der Waals surface area (Å²) in [6, 6.07) is 3.17. The number of carbonyl (C=O) groups excluding carboxylic acids is 2. The zero-order valence-corrected chi connectivity index (χ0v) is 13.8. The SMILES string of the molecule is CC1(C)[C@@H]2CC[C@@]1(C)/C(=N/NC(=O)CNC(=O)c1ccco1)C2. The van der Waals surface area contributed by atoms with Gasteiger partial charge in [0.1, 0.15) is 0 Å². The minimum Gasteiger partial charge on any atom is -0.459 e. The molecule has 0 aliphatic heterocycles. The van der Waals surface area contributed by atoms with Crippen LogP contribution in [0.4, 0.5) is 0 Å². The van der Waals surface area contributed by atoms with Crippen LogP contribution in [0.15, 0.2) is 27.9 Å². The number of carbonyl (C=O) groups is 2. The minimum atomic E-state index is -0.411. The smallest absolute Gasteiger partial charge is 0.287 e. The molecule has 0 spiro atoms. The number of nitrogens with one attached hydrogen (secondary N) is 2. The van der Waals surface area contributed by atoms with Crippen LogP contribution in [0.2, 0.25) is 0 Å². The first-order valence-corrected chi connectivity index (χ1v) is 8.02. The number of amides is 2. The first kappa shape index (κ1) is 15.8. The number of hydrogen-bond donors (Lipinski definition) is 2. The quantitative estimate of drug-likeness (QED) is 0.836. The lowest BCUT2D eigenvalue weighted by molar-refractivity contribution is -0.120. The third-order valence-electron chi connectivity index (χ3n) is 5.98. The van der Waals surface area contributed by atoms with Crippen molar-refractivity contribution in [2.45, 2.75) is 40.0 Å². The first-order valence-electron chi connectivity index (χ1n) is 8.02. The summed E-state index contributed by atoms with van der Waals surface area (Å²) in [5.41, 5.74) is 3.93. The van der Waals surface area contributed by atoms with Gasteiger partial charge in [0.05, 0.1) is 12.8 Å². The second kappa shape index (κ2) is 5.51. The molecule has 23 heavy (non-hydrogen) atoms. The molecule has 6 nitrogen and oxygen atoms in total. The Labute approximate surface area is 135 Å². The topological polar surface area (TPSA) is 83.7 Å². The molecule has 2 aliphatic rings. The van der Waals surface area contributed by atoms with Gasteiger partial charge in [-0.3, -0.25) is 9.59 Å². The van der Waals surface area contributed by atoms with Crippen LogP contribution >= 0.6 is 0 Å². The largest absolute Gasteiger partial charge is 0.459 e. The van der Waals surface area contributed by atoms with Gasteiger partial charge in [0, 0.05) is 11.1 Å². The average molecular weight is 317 g/mol. The summed E-state index contributed by atoms with van der Waals surface area (Å²) in [5, 5.41) is 6.86. The van der Waals surface area contributed by atoms with Crippen molar-refractivity contribution in [1.29, 1.82) is 0 Å². The van der Waals surface area contributed by atoms with Gasteiger partial charge in [0.25, 0.3) is 11.8 Å². The molecular formula is C17H23N3O3. The van der Waals surface area contributed by atoms with Gasteiger partial charge in [-0.25, -0.2) is 5.43 Å². The highest BCUT2D eigenvalue weighted by molar-refractivity contribution is 5.96. The fraction of sp³-hybridized carbons (Fsp3) is 0.588. The van der Waals surface area contributed by atoms with E-state index in [1.165, 1.54) is 12.7 Å². The van der Waals surface area contributed by atoms with E-state index in [-0.39, 0.29) is 29.0 Å². The second-order valence-electron chi connectivity index (χ2n) is 7.25. The number of furan rings is 1. The van der Waals surface area contributed by atoms with Crippen molar-refractivity contribution in [1.82, 2.24) is 10.7 Å². The molecule has 1 aromatic heterocycles. The van der Waals surface area contributed by atoms with E-state index in [1.54, 1.807) is 12.1 Å². The summed E-state index contributed by atoms with van der Waals surface area (Å²) in [5.74, 6) is 0.0840. The Hall–Kier alpha value is -2.11. The third kappa shape index (κ3) is 2.56. The molecule has 0 saturated heterocycles. The normalized spacial score (nSPS) is 29.7. The maximum absolute atomic E-state index is 11.9. The maximum atomic E-state index is 11.9. The molecule has 2 bridgehead atoms. The monoisotopic (exact) mass is 317 g/mol. The fourth-order valence-corrected chi connectivity index (χ4v) is 3.92. The molecule has 1 heterocycles. The van der Waals surface area contributed by atoms with Crippen molar-refractivity contribution < 1.29 is 14.0 Å². The van der Waals surface area contributed by atoms with Crippen LogP contribution in [0, 0.1) is 16.7 Å². The van der Waals surface area contributed by atoms with E-state index in [2.05, 4.69) is 36.6 Å². The van der Waals surface area contributed by atoms with Crippen LogP contribution in [-0.2, 0) is 4.79 Å². The van der Waals surface area contributed by atoms with Crippen LogP contribution in [-0.4, -0.2) is 24.1 Å². The molecule has 2 atom stereocenters. The Balaban J connectivity index is 1.55. The highest BCUT2D eigenvalue weighted by Gasteiger charge is 2.59. The van der Waals surface area contributed by atoms with E-state index < -0.39 is 5.91 Å². The molecule has 2 N–H and O–H groups in total. The Morgan fingerprint density at radius 2 is 2.17 bits per heavy atom. The zero-order valence-electron chi connectivity index (χ0n) is 13.8. The van der Waals surface area contributed by atoms with Gasteiger partial charge in [-0.2, -0.15) is 5.10 Å². The van der Waals surface area contributed by atoms with Crippen molar-refractivity contribution in [3.63, 3.8) is 0 Å². The maximum Gasteiger partial charge on any atom is 0.287 e. The highest BCUT2D eigenvalue weighted by Crippen LogP contribution is 2.63. The van der Waals surface area contributed by atoms with Crippen molar-refractivity contribution >= 4 is 17.5 Å². The third-order valence-corrected chi connectivity index (χ3v) is 5.98. The lowest BCUT2D eigenvalue weighted by Crippen LogP contribution is -2.37. The Bertz CT molecular complexity index is 648. The number of nitrogens with zero attached hydrogens (tertiary/aromatic N) is 1. The van der Waals surface area contributed by atoms with E-state index in [1.807, 2.05) is 0 Å². The molecular weight excluding hydrogens is 294 g/mol. The number of hydrazone groups is 1. The van der Waals surface area contributed by atoms with E-state index in [0.29, 0.717) is 5.92 Å². The molecule has 0 aromatic carbocycles. The van der Waals surface area contributed by atoms with Gasteiger partial charge in [0.15, 0.2) is 5.76 Å². The molecule has 1 aromatic rings. The molecule has 6 heteroatoms. The van der Waals surface area contributed by atoms with Gasteiger partial charge >= 0.3 is 0 Å². The number of hydrogen-bond acceptors (Lipinski definition) is 4. The van der Waals surface area contributed by atoms with Crippen molar-refractivity contribution in [3.8, 4) is 0 Å². The summed E-state index contributed by atoms with van der Waals surface area (Å²) >= 11 is 0. The predicted molar refractivity (Wildman–Crippen MR) is 85.8 cm³/mol. The zero-order chi connectivity index (χ0) is 16.7. The average Bonchev–Trinajstić information content (AvgIpc) is 3.16. The second-order valence-corrected chi connectivity index (χ2v) is 7.25. The van der Waals surface area contributed by atoms with Gasteiger partial charge < -0.3 is 9.73 Å². The minimum absolute atomic E-state index is 0.0579. The van der Waals surface area contributed by atoms with Crippen molar-refractivity contribution in [2.75, 3.05) is 6.54 Å². The highest BCUT2D eigenvalue weighted by atomic mass is 16.3. The standard InChI is InChI=1S/C17H23N3O3/c1-16(2)11-6-7-17(16,3)13(9-11)19-20-14(21)10-18-15(22)12-5-4-8-23-12/h4-5,8,11H,6-7,9-10H2,1-3H3,(H,18,22)(H,20,21)/b19-13+/t11-,17+/m1/s1. The summed E-state index contributed by atoms with van der Waals surface area (Å²) in [7, 11) is 0. The Morgan fingerprint density at radius 1 is 1.39 bits per heavy atom. The molecule has 3 rings (SSSR count). The molecule has 124 valence electrons. The summed E-state index contributed by atoms with van der Waals surface area (Å²) < 4.78 is 4.97. The summed E-state index contributed by atoms with van der Waals surface area (Å²) in [4.78, 5) is 23.6.